The third kappa shape index (κ3) is 11.7. The monoisotopic (exact) mass is 962 g/mol. The van der Waals surface area contributed by atoms with Gasteiger partial charge in [0.25, 0.3) is 0 Å². The number of fused-ring (bicyclic) bond motifs is 1. The number of benzene rings is 3. The SMILES string of the molecule is O=C(O)CC(=O)OC[C@@H]1O[C@@H](Oc2cc(O)cc3c2C=C(O[C@@H]2O[C@@H](COC(=O)/C=C/c4ccc(O)c(O)c4)[C@@H](O)[C@H](O)[C@@H]2O)C(c2cc(O)c(O)c(O)c2)O3)[C@H](O)[C@@H](O)[C@@H]1OC(=O)CC(=O)O. The van der Waals surface area contributed by atoms with Crippen molar-refractivity contribution >= 4 is 42.0 Å². The molecule has 0 aromatic heterocycles. The molecule has 366 valence electrons. The molecule has 6 rings (SSSR count). The number of rotatable bonds is 16. The van der Waals surface area contributed by atoms with Crippen molar-refractivity contribution in [1.82, 2.24) is 0 Å². The fraction of sp³-hybridized carbons (Fsp3) is 0.357. The molecule has 0 saturated carbocycles. The molecule has 3 aliphatic heterocycles. The number of hydrogen-bond donors (Lipinski definition) is 13. The number of ether oxygens (including phenoxy) is 8. The van der Waals surface area contributed by atoms with Crippen molar-refractivity contribution in [3.05, 3.63) is 71.0 Å². The van der Waals surface area contributed by atoms with Gasteiger partial charge in [0.2, 0.25) is 12.6 Å². The molecule has 68 heavy (non-hydrogen) atoms. The second kappa shape index (κ2) is 20.9. The second-order valence-electron chi connectivity index (χ2n) is 15.1. The summed E-state index contributed by atoms with van der Waals surface area (Å²) in [5.74, 6) is -12.4. The van der Waals surface area contributed by atoms with Crippen LogP contribution in [0.3, 0.4) is 0 Å². The Morgan fingerprint density at radius 1 is 0.632 bits per heavy atom. The molecule has 2 saturated heterocycles. The largest absolute Gasteiger partial charge is 0.508 e. The Labute approximate surface area is 380 Å². The molecule has 0 radical (unpaired) electrons. The zero-order valence-electron chi connectivity index (χ0n) is 34.6. The van der Waals surface area contributed by atoms with Gasteiger partial charge in [0, 0.05) is 23.8 Å². The van der Waals surface area contributed by atoms with Crippen LogP contribution in [0.1, 0.15) is 35.6 Å². The lowest BCUT2D eigenvalue weighted by atomic mass is 9.98. The number of phenolic OH excluding ortho intramolecular Hbond substituents is 6. The molecular weight excluding hydrogens is 920 g/mol. The highest BCUT2D eigenvalue weighted by molar-refractivity contribution is 5.91. The Bertz CT molecular complexity index is 2440. The number of carboxylic acids is 2. The zero-order chi connectivity index (χ0) is 49.7. The van der Waals surface area contributed by atoms with E-state index in [9.17, 15) is 80.1 Å². The summed E-state index contributed by atoms with van der Waals surface area (Å²) in [4.78, 5) is 59.1. The lowest BCUT2D eigenvalue weighted by Crippen LogP contribution is -2.61. The molecule has 3 aromatic rings. The van der Waals surface area contributed by atoms with Gasteiger partial charge in [-0.25, -0.2) is 4.79 Å². The predicted molar refractivity (Wildman–Crippen MR) is 215 cm³/mol. The summed E-state index contributed by atoms with van der Waals surface area (Å²) in [5.41, 5.74) is -0.108. The molecule has 0 spiro atoms. The van der Waals surface area contributed by atoms with Crippen LogP contribution in [0.2, 0.25) is 0 Å². The second-order valence-corrected chi connectivity index (χ2v) is 15.1. The number of esters is 3. The van der Waals surface area contributed by atoms with Crippen LogP contribution in [0.4, 0.5) is 0 Å². The van der Waals surface area contributed by atoms with Gasteiger partial charge in [-0.2, -0.15) is 0 Å². The minimum absolute atomic E-state index is 0.177. The molecule has 11 atom stereocenters. The van der Waals surface area contributed by atoms with Gasteiger partial charge in [0.1, 0.15) is 91.8 Å². The van der Waals surface area contributed by atoms with E-state index in [0.29, 0.717) is 0 Å². The summed E-state index contributed by atoms with van der Waals surface area (Å²) in [6.45, 7) is -1.72. The molecule has 1 unspecified atom stereocenters. The summed E-state index contributed by atoms with van der Waals surface area (Å²) in [6, 6.07) is 7.47. The fourth-order valence-electron chi connectivity index (χ4n) is 6.81. The quantitative estimate of drug-likeness (QED) is 0.0261. The fourth-order valence-corrected chi connectivity index (χ4v) is 6.81. The van der Waals surface area contributed by atoms with E-state index in [1.807, 2.05) is 0 Å². The lowest BCUT2D eigenvalue weighted by Gasteiger charge is -2.42. The predicted octanol–water partition coefficient (Wildman–Crippen LogP) is -1.29. The van der Waals surface area contributed by atoms with Gasteiger partial charge in [-0.1, -0.05) is 6.07 Å². The Hall–Kier alpha value is -7.59. The van der Waals surface area contributed by atoms with E-state index in [1.165, 1.54) is 18.2 Å². The first kappa shape index (κ1) is 49.8. The van der Waals surface area contributed by atoms with Gasteiger partial charge >= 0.3 is 29.8 Å². The van der Waals surface area contributed by atoms with Gasteiger partial charge in [-0.05, 0) is 42.0 Å². The first-order valence-corrected chi connectivity index (χ1v) is 19.8. The smallest absolute Gasteiger partial charge is 0.330 e. The van der Waals surface area contributed by atoms with Crippen molar-refractivity contribution < 1.29 is 128 Å². The summed E-state index contributed by atoms with van der Waals surface area (Å²) >= 11 is 0. The minimum Gasteiger partial charge on any atom is -0.508 e. The number of aliphatic hydroxyl groups is 5. The Kier molecular flexibility index (Phi) is 15.3. The first-order valence-electron chi connectivity index (χ1n) is 19.8. The van der Waals surface area contributed by atoms with Gasteiger partial charge in [0.15, 0.2) is 41.0 Å². The van der Waals surface area contributed by atoms with E-state index < -0.39 is 169 Å². The van der Waals surface area contributed by atoms with E-state index in [-0.39, 0.29) is 22.4 Å². The van der Waals surface area contributed by atoms with Gasteiger partial charge in [0.05, 0.1) is 5.56 Å². The lowest BCUT2D eigenvalue weighted by molar-refractivity contribution is -0.294. The average molecular weight is 963 g/mol. The van der Waals surface area contributed by atoms with Crippen LogP contribution in [-0.2, 0) is 52.4 Å². The Morgan fingerprint density at radius 2 is 1.25 bits per heavy atom. The van der Waals surface area contributed by atoms with Crippen molar-refractivity contribution in [3.63, 3.8) is 0 Å². The number of aromatic hydroxyl groups is 6. The highest BCUT2D eigenvalue weighted by atomic mass is 16.7. The molecule has 26 heteroatoms. The topological polar surface area (TPSA) is 422 Å². The minimum atomic E-state index is -2.19. The highest BCUT2D eigenvalue weighted by Crippen LogP contribution is 2.48. The zero-order valence-corrected chi connectivity index (χ0v) is 34.6. The van der Waals surface area contributed by atoms with Crippen LogP contribution >= 0.6 is 0 Å². The van der Waals surface area contributed by atoms with Crippen molar-refractivity contribution in [2.75, 3.05) is 13.2 Å². The number of carbonyl (C=O) groups is 5. The molecule has 2 fully saturated rings. The van der Waals surface area contributed by atoms with Gasteiger partial charge in [-0.15, -0.1) is 0 Å². The highest BCUT2D eigenvalue weighted by Gasteiger charge is 2.50. The molecular formula is C42H42O26. The molecule has 0 bridgehead atoms. The summed E-state index contributed by atoms with van der Waals surface area (Å²) in [7, 11) is 0. The standard InChI is InChI=1S/C42H42O26/c43-17-8-23-18(24(9-17)64-42-38(60)36(58)40(68-32(54)12-29(50)51)27(67-42)14-62-31(53)11-28(48)49)10-25(39(63-23)16-6-21(46)33(55)22(47)7-16)65-41-37(59)35(57)34(56)26(66-41)13-61-30(52)4-2-15-1-3-19(44)20(45)5-15/h1-10,26-27,34-47,55-60H,11-14H2,(H,48,49)(H,50,51)/b4-2+/t26-,27-,34+,35-,36+,37-,38+,39?,40+,41+,42+/m0/s1. The number of carboxylic acid groups (broad SMARTS) is 2. The van der Waals surface area contributed by atoms with Crippen LogP contribution in [0.5, 0.6) is 46.0 Å². The molecule has 0 amide bonds. The van der Waals surface area contributed by atoms with E-state index >= 15 is 0 Å². The van der Waals surface area contributed by atoms with Crippen LogP contribution in [-0.4, -0.2) is 171 Å². The van der Waals surface area contributed by atoms with Gasteiger partial charge < -0.3 is 104 Å². The normalized spacial score (nSPS) is 26.6. The molecule has 3 heterocycles. The Balaban J connectivity index is 1.30. The van der Waals surface area contributed by atoms with Crippen LogP contribution in [0.15, 0.2) is 54.3 Å². The van der Waals surface area contributed by atoms with Crippen molar-refractivity contribution in [2.24, 2.45) is 0 Å². The van der Waals surface area contributed by atoms with E-state index in [0.717, 1.165) is 42.5 Å². The first-order chi connectivity index (χ1) is 32.1. The molecule has 3 aromatic carbocycles. The molecule has 13 N–H and O–H groups in total. The van der Waals surface area contributed by atoms with Crippen molar-refractivity contribution in [2.45, 2.75) is 80.4 Å². The number of aliphatic carboxylic acids is 2. The van der Waals surface area contributed by atoms with Gasteiger partial charge in [-0.3, -0.25) is 19.2 Å². The average Bonchev–Trinajstić information content (AvgIpc) is 3.26. The molecule has 0 aliphatic carbocycles. The number of hydrogen-bond acceptors (Lipinski definition) is 24. The van der Waals surface area contributed by atoms with Crippen LogP contribution < -0.4 is 9.47 Å². The summed E-state index contributed by atoms with van der Waals surface area (Å²) in [6.07, 6.45) is -20.5. The summed E-state index contributed by atoms with van der Waals surface area (Å²) < 4.78 is 44.4. The van der Waals surface area contributed by atoms with Crippen molar-refractivity contribution in [1.29, 1.82) is 0 Å². The van der Waals surface area contributed by atoms with E-state index in [1.54, 1.807) is 0 Å². The molecule has 3 aliphatic rings. The van der Waals surface area contributed by atoms with Crippen LogP contribution in [0, 0.1) is 0 Å². The van der Waals surface area contributed by atoms with E-state index in [4.69, 9.17) is 48.1 Å². The maximum atomic E-state index is 12.6. The maximum absolute atomic E-state index is 12.6. The number of carbonyl (C=O) groups excluding carboxylic acids is 3. The Morgan fingerprint density at radius 3 is 1.91 bits per heavy atom. The maximum Gasteiger partial charge on any atom is 0.330 e. The van der Waals surface area contributed by atoms with E-state index in [2.05, 4.69) is 0 Å². The summed E-state index contributed by atoms with van der Waals surface area (Å²) in [5, 5.41) is 134. The third-order valence-electron chi connectivity index (χ3n) is 10.1. The molecule has 26 nitrogen and oxygen atoms in total. The number of phenols is 6. The van der Waals surface area contributed by atoms with Crippen molar-refractivity contribution in [3.8, 4) is 46.0 Å². The number of aliphatic hydroxyl groups excluding tert-OH is 5. The van der Waals surface area contributed by atoms with Crippen LogP contribution in [0.25, 0.3) is 12.2 Å². The third-order valence-corrected chi connectivity index (χ3v) is 10.1.